The van der Waals surface area contributed by atoms with Crippen molar-refractivity contribution in [2.24, 2.45) is 5.73 Å². The molecule has 1 atom stereocenters. The highest BCUT2D eigenvalue weighted by molar-refractivity contribution is 5.34. The Hall–Kier alpha value is -2.51. The summed E-state index contributed by atoms with van der Waals surface area (Å²) < 4.78 is 11.1. The molecule has 2 aromatic carbocycles. The maximum absolute atomic E-state index is 9.38. The topological polar surface area (TPSA) is 68.3 Å². The minimum atomic E-state index is -1.18. The van der Waals surface area contributed by atoms with Gasteiger partial charge in [-0.25, -0.2) is 0 Å². The SMILES string of the molecule is CCOc1cccc(OCC(N)(C#N)c2ccccc2)c1. The van der Waals surface area contributed by atoms with Crippen molar-refractivity contribution in [3.63, 3.8) is 0 Å². The molecule has 0 heterocycles. The predicted octanol–water partition coefficient (Wildman–Crippen LogP) is 2.84. The lowest BCUT2D eigenvalue weighted by atomic mass is 9.94. The van der Waals surface area contributed by atoms with Crippen molar-refractivity contribution in [2.75, 3.05) is 13.2 Å². The lowest BCUT2D eigenvalue weighted by Gasteiger charge is -2.22. The summed E-state index contributed by atoms with van der Waals surface area (Å²) in [5, 5.41) is 9.38. The van der Waals surface area contributed by atoms with Gasteiger partial charge in [-0.2, -0.15) is 5.26 Å². The van der Waals surface area contributed by atoms with Crippen molar-refractivity contribution >= 4 is 0 Å². The zero-order valence-electron chi connectivity index (χ0n) is 12.0. The molecule has 0 aliphatic rings. The molecule has 0 aliphatic heterocycles. The van der Waals surface area contributed by atoms with E-state index in [1.54, 1.807) is 6.07 Å². The molecule has 0 bridgehead atoms. The molecular weight excluding hydrogens is 264 g/mol. The third-order valence-electron chi connectivity index (χ3n) is 3.07. The quantitative estimate of drug-likeness (QED) is 0.884. The molecule has 0 amide bonds. The van der Waals surface area contributed by atoms with E-state index in [2.05, 4.69) is 6.07 Å². The number of rotatable bonds is 6. The summed E-state index contributed by atoms with van der Waals surface area (Å²) in [5.41, 5.74) is 5.70. The third kappa shape index (κ3) is 3.74. The fourth-order valence-electron chi connectivity index (χ4n) is 1.93. The van der Waals surface area contributed by atoms with Crippen LogP contribution in [0.2, 0.25) is 0 Å². The molecule has 0 radical (unpaired) electrons. The van der Waals surface area contributed by atoms with Gasteiger partial charge in [0.15, 0.2) is 5.54 Å². The summed E-state index contributed by atoms with van der Waals surface area (Å²) in [6.45, 7) is 2.58. The minimum Gasteiger partial charge on any atom is -0.494 e. The highest BCUT2D eigenvalue weighted by Crippen LogP contribution is 2.23. The highest BCUT2D eigenvalue weighted by atomic mass is 16.5. The number of hydrogen-bond donors (Lipinski definition) is 1. The Labute approximate surface area is 124 Å². The zero-order valence-corrected chi connectivity index (χ0v) is 12.0. The van der Waals surface area contributed by atoms with Gasteiger partial charge in [0.05, 0.1) is 12.7 Å². The van der Waals surface area contributed by atoms with Crippen LogP contribution < -0.4 is 15.2 Å². The Morgan fingerprint density at radius 1 is 1.05 bits per heavy atom. The van der Waals surface area contributed by atoms with Gasteiger partial charge in [-0.05, 0) is 24.6 Å². The summed E-state index contributed by atoms with van der Waals surface area (Å²) in [7, 11) is 0. The van der Waals surface area contributed by atoms with Gasteiger partial charge in [-0.3, -0.25) is 0 Å². The maximum atomic E-state index is 9.38. The van der Waals surface area contributed by atoms with Gasteiger partial charge in [0.2, 0.25) is 0 Å². The lowest BCUT2D eigenvalue weighted by Crippen LogP contribution is -2.41. The first kappa shape index (κ1) is 14.9. The van der Waals surface area contributed by atoms with E-state index in [1.165, 1.54) is 0 Å². The first-order valence-corrected chi connectivity index (χ1v) is 6.79. The molecule has 4 heteroatoms. The predicted molar refractivity (Wildman–Crippen MR) is 81.0 cm³/mol. The standard InChI is InChI=1S/C17H18N2O2/c1-2-20-15-9-6-10-16(11-15)21-13-17(19,12-18)14-7-4-3-5-8-14/h3-11H,2,13,19H2,1H3. The summed E-state index contributed by atoms with van der Waals surface area (Å²) >= 11 is 0. The van der Waals surface area contributed by atoms with Crippen molar-refractivity contribution in [1.82, 2.24) is 0 Å². The molecular formula is C17H18N2O2. The Morgan fingerprint density at radius 2 is 1.71 bits per heavy atom. The van der Waals surface area contributed by atoms with Crippen LogP contribution in [-0.4, -0.2) is 13.2 Å². The van der Waals surface area contributed by atoms with Crippen molar-refractivity contribution in [3.8, 4) is 17.6 Å². The second kappa shape index (κ2) is 6.78. The zero-order chi connectivity index (χ0) is 15.1. The van der Waals surface area contributed by atoms with E-state index in [-0.39, 0.29) is 6.61 Å². The number of nitriles is 1. The largest absolute Gasteiger partial charge is 0.494 e. The number of hydrogen-bond acceptors (Lipinski definition) is 4. The van der Waals surface area contributed by atoms with Crippen LogP contribution in [0.4, 0.5) is 0 Å². The van der Waals surface area contributed by atoms with Crippen LogP contribution in [0.5, 0.6) is 11.5 Å². The van der Waals surface area contributed by atoms with Crippen LogP contribution in [0, 0.1) is 11.3 Å². The van der Waals surface area contributed by atoms with Crippen molar-refractivity contribution in [3.05, 3.63) is 60.2 Å². The molecule has 2 rings (SSSR count). The Bertz CT molecular complexity index is 622. The van der Waals surface area contributed by atoms with Crippen LogP contribution in [-0.2, 0) is 5.54 Å². The minimum absolute atomic E-state index is 0.0725. The molecule has 4 nitrogen and oxygen atoms in total. The third-order valence-corrected chi connectivity index (χ3v) is 3.07. The van der Waals surface area contributed by atoms with E-state index in [0.29, 0.717) is 12.4 Å². The first-order valence-electron chi connectivity index (χ1n) is 6.79. The molecule has 0 saturated carbocycles. The molecule has 108 valence electrons. The second-order valence-corrected chi connectivity index (χ2v) is 4.65. The van der Waals surface area contributed by atoms with Gasteiger partial charge < -0.3 is 15.2 Å². The maximum Gasteiger partial charge on any atom is 0.164 e. The average Bonchev–Trinajstić information content (AvgIpc) is 2.54. The van der Waals surface area contributed by atoms with Gasteiger partial charge in [0.25, 0.3) is 0 Å². The van der Waals surface area contributed by atoms with Crippen LogP contribution in [0.25, 0.3) is 0 Å². The van der Waals surface area contributed by atoms with Crippen LogP contribution in [0.1, 0.15) is 12.5 Å². The summed E-state index contributed by atoms with van der Waals surface area (Å²) in [5.74, 6) is 1.36. The van der Waals surface area contributed by atoms with E-state index >= 15 is 0 Å². The molecule has 0 aliphatic carbocycles. The van der Waals surface area contributed by atoms with E-state index in [1.807, 2.05) is 55.5 Å². The fraction of sp³-hybridized carbons (Fsp3) is 0.235. The number of nitrogens with zero attached hydrogens (tertiary/aromatic N) is 1. The summed E-state index contributed by atoms with van der Waals surface area (Å²) in [4.78, 5) is 0. The van der Waals surface area contributed by atoms with Crippen molar-refractivity contribution in [2.45, 2.75) is 12.5 Å². The Morgan fingerprint density at radius 3 is 2.33 bits per heavy atom. The summed E-state index contributed by atoms with van der Waals surface area (Å²) in [6.07, 6.45) is 0. The lowest BCUT2D eigenvalue weighted by molar-refractivity contribution is 0.253. The van der Waals surface area contributed by atoms with E-state index < -0.39 is 5.54 Å². The molecule has 1 unspecified atom stereocenters. The fourth-order valence-corrected chi connectivity index (χ4v) is 1.93. The molecule has 0 aromatic heterocycles. The Balaban J connectivity index is 2.10. The number of benzene rings is 2. The van der Waals surface area contributed by atoms with Gasteiger partial charge >= 0.3 is 0 Å². The van der Waals surface area contributed by atoms with Crippen LogP contribution in [0.15, 0.2) is 54.6 Å². The first-order chi connectivity index (χ1) is 10.2. The van der Waals surface area contributed by atoms with E-state index in [0.717, 1.165) is 11.3 Å². The molecule has 0 spiro atoms. The van der Waals surface area contributed by atoms with Crippen molar-refractivity contribution < 1.29 is 9.47 Å². The van der Waals surface area contributed by atoms with E-state index in [9.17, 15) is 5.26 Å². The smallest absolute Gasteiger partial charge is 0.164 e. The number of ether oxygens (including phenoxy) is 2. The highest BCUT2D eigenvalue weighted by Gasteiger charge is 2.28. The van der Waals surface area contributed by atoms with Gasteiger partial charge in [0.1, 0.15) is 18.1 Å². The monoisotopic (exact) mass is 282 g/mol. The van der Waals surface area contributed by atoms with Gasteiger partial charge in [-0.15, -0.1) is 0 Å². The Kier molecular flexibility index (Phi) is 4.81. The molecule has 21 heavy (non-hydrogen) atoms. The van der Waals surface area contributed by atoms with Gasteiger partial charge in [0, 0.05) is 6.07 Å². The van der Waals surface area contributed by atoms with Crippen molar-refractivity contribution in [1.29, 1.82) is 5.26 Å². The molecule has 0 saturated heterocycles. The van der Waals surface area contributed by atoms with Gasteiger partial charge in [-0.1, -0.05) is 36.4 Å². The van der Waals surface area contributed by atoms with E-state index in [4.69, 9.17) is 15.2 Å². The van der Waals surface area contributed by atoms with Crippen LogP contribution >= 0.6 is 0 Å². The molecule has 0 fully saturated rings. The van der Waals surface area contributed by atoms with Crippen LogP contribution in [0.3, 0.4) is 0 Å². The number of nitrogens with two attached hydrogens (primary N) is 1. The summed E-state index contributed by atoms with van der Waals surface area (Å²) in [6, 6.07) is 18.6. The molecule has 2 N–H and O–H groups in total. The second-order valence-electron chi connectivity index (χ2n) is 4.65. The average molecular weight is 282 g/mol. The normalized spacial score (nSPS) is 13.0. The molecule has 2 aromatic rings.